The van der Waals surface area contributed by atoms with Crippen molar-refractivity contribution in [1.29, 1.82) is 0 Å². The summed E-state index contributed by atoms with van der Waals surface area (Å²) in [7, 11) is -1.28. The largest absolute Gasteiger partial charge is 0.265 e. The molecule has 0 aliphatic heterocycles. The molecule has 0 atom stereocenters. The number of hydrogen-bond acceptors (Lipinski definition) is 2. The number of thioether (sulfide) groups is 1. The molecule has 0 N–H and O–H groups in total. The molecule has 3 heteroatoms. The normalized spacial score (nSPS) is 10.8. The fourth-order valence-electron chi connectivity index (χ4n) is 1.73. The summed E-state index contributed by atoms with van der Waals surface area (Å²) >= 11 is 1.89. The van der Waals surface area contributed by atoms with Crippen LogP contribution in [0.15, 0.2) is 53.7 Å². The number of benzene rings is 1. The Morgan fingerprint density at radius 2 is 1.67 bits per heavy atom. The summed E-state index contributed by atoms with van der Waals surface area (Å²) < 4.78 is 0. The Bertz CT molecular complexity index is 618. The molecule has 0 saturated heterocycles. The van der Waals surface area contributed by atoms with Crippen molar-refractivity contribution in [3.05, 3.63) is 59.9 Å². The Morgan fingerprint density at radius 3 is 2.29 bits per heavy atom. The minimum atomic E-state index is -1.28. The summed E-state index contributed by atoms with van der Waals surface area (Å²) in [6.07, 6.45) is 4.78. The molecule has 1 aromatic heterocycles. The van der Waals surface area contributed by atoms with Gasteiger partial charge >= 0.3 is 0 Å². The van der Waals surface area contributed by atoms with E-state index in [1.165, 1.54) is 10.5 Å². The van der Waals surface area contributed by atoms with Gasteiger partial charge in [-0.3, -0.25) is 4.98 Å². The lowest BCUT2D eigenvalue weighted by Gasteiger charge is -2.04. The van der Waals surface area contributed by atoms with E-state index in [4.69, 9.17) is 0 Å². The first-order valence-electron chi connectivity index (χ1n) is 7.18. The molecule has 0 bridgehead atoms. The van der Waals surface area contributed by atoms with Crippen LogP contribution in [0, 0.1) is 11.5 Å². The van der Waals surface area contributed by atoms with Gasteiger partial charge in [-0.1, -0.05) is 25.6 Å². The van der Waals surface area contributed by atoms with E-state index in [0.29, 0.717) is 0 Å². The molecule has 21 heavy (non-hydrogen) atoms. The van der Waals surface area contributed by atoms with E-state index in [-0.39, 0.29) is 0 Å². The summed E-state index contributed by atoms with van der Waals surface area (Å²) in [5.74, 6) is 4.38. The monoisotopic (exact) mass is 311 g/mol. The standard InChI is InChI=1S/C18H21NSSi/c1-21(2,3)15-11-16-4-6-18(7-5-16)20-14-10-17-8-12-19-13-9-17/h4-9,12-13H,10,14H2,1-3H3. The number of aryl methyl sites for hydroxylation is 1. The van der Waals surface area contributed by atoms with E-state index in [2.05, 4.69) is 72.5 Å². The van der Waals surface area contributed by atoms with Gasteiger partial charge in [0, 0.05) is 28.6 Å². The van der Waals surface area contributed by atoms with Gasteiger partial charge in [-0.05, 0) is 48.4 Å². The summed E-state index contributed by atoms with van der Waals surface area (Å²) in [6.45, 7) is 6.80. The molecule has 0 fully saturated rings. The van der Waals surface area contributed by atoms with Crippen molar-refractivity contribution in [2.24, 2.45) is 0 Å². The minimum Gasteiger partial charge on any atom is -0.265 e. The van der Waals surface area contributed by atoms with Gasteiger partial charge in [0.1, 0.15) is 8.07 Å². The summed E-state index contributed by atoms with van der Waals surface area (Å²) in [6, 6.07) is 12.8. The highest BCUT2D eigenvalue weighted by molar-refractivity contribution is 7.99. The van der Waals surface area contributed by atoms with E-state index < -0.39 is 8.07 Å². The van der Waals surface area contributed by atoms with E-state index >= 15 is 0 Å². The highest BCUT2D eigenvalue weighted by Gasteiger charge is 2.07. The second-order valence-corrected chi connectivity index (χ2v) is 11.9. The summed E-state index contributed by atoms with van der Waals surface area (Å²) in [4.78, 5) is 5.35. The van der Waals surface area contributed by atoms with E-state index in [1.54, 1.807) is 0 Å². The maximum absolute atomic E-state index is 4.04. The molecular weight excluding hydrogens is 290 g/mol. The van der Waals surface area contributed by atoms with Gasteiger partial charge < -0.3 is 0 Å². The van der Waals surface area contributed by atoms with Crippen molar-refractivity contribution >= 4 is 19.8 Å². The van der Waals surface area contributed by atoms with Gasteiger partial charge in [-0.2, -0.15) is 0 Å². The lowest BCUT2D eigenvalue weighted by atomic mass is 10.2. The maximum atomic E-state index is 4.04. The number of aromatic nitrogens is 1. The second-order valence-electron chi connectivity index (χ2n) is 5.98. The molecule has 0 spiro atoms. The Labute approximate surface area is 133 Å². The quantitative estimate of drug-likeness (QED) is 0.463. The average Bonchev–Trinajstić information content (AvgIpc) is 2.47. The molecule has 2 rings (SSSR count). The van der Waals surface area contributed by atoms with Crippen molar-refractivity contribution in [1.82, 2.24) is 4.98 Å². The van der Waals surface area contributed by atoms with E-state index in [0.717, 1.165) is 17.7 Å². The molecule has 1 nitrogen and oxygen atoms in total. The van der Waals surface area contributed by atoms with Crippen molar-refractivity contribution in [3.63, 3.8) is 0 Å². The minimum absolute atomic E-state index is 1.07. The van der Waals surface area contributed by atoms with Crippen LogP contribution in [0.1, 0.15) is 11.1 Å². The molecule has 0 unspecified atom stereocenters. The lowest BCUT2D eigenvalue weighted by molar-refractivity contribution is 1.13. The van der Waals surface area contributed by atoms with Crippen molar-refractivity contribution in [2.45, 2.75) is 31.0 Å². The lowest BCUT2D eigenvalue weighted by Crippen LogP contribution is -2.16. The second kappa shape index (κ2) is 7.49. The number of pyridine rings is 1. The van der Waals surface area contributed by atoms with Crippen LogP contribution in [0.4, 0.5) is 0 Å². The van der Waals surface area contributed by atoms with E-state index in [9.17, 15) is 0 Å². The molecule has 108 valence electrons. The third-order valence-electron chi connectivity index (χ3n) is 2.84. The highest BCUT2D eigenvalue weighted by Crippen LogP contribution is 2.19. The van der Waals surface area contributed by atoms with Crippen LogP contribution in [0.3, 0.4) is 0 Å². The molecule has 0 saturated carbocycles. The SMILES string of the molecule is C[Si](C)(C)C#Cc1ccc(SCCc2ccncc2)cc1. The van der Waals surface area contributed by atoms with Crippen molar-refractivity contribution in [2.75, 3.05) is 5.75 Å². The molecular formula is C18H21NSSi. The summed E-state index contributed by atoms with van der Waals surface area (Å²) in [5, 5.41) is 0. The van der Waals surface area contributed by atoms with Gasteiger partial charge in [0.15, 0.2) is 0 Å². The third kappa shape index (κ3) is 6.20. The fraction of sp³-hybridized carbons (Fsp3) is 0.278. The van der Waals surface area contributed by atoms with E-state index in [1.807, 2.05) is 24.2 Å². The van der Waals surface area contributed by atoms with Crippen molar-refractivity contribution in [3.8, 4) is 11.5 Å². The summed E-state index contributed by atoms with van der Waals surface area (Å²) in [5.41, 5.74) is 5.86. The molecule has 0 aliphatic carbocycles. The maximum Gasteiger partial charge on any atom is 0.129 e. The zero-order chi connectivity index (χ0) is 15.1. The fourth-order valence-corrected chi connectivity index (χ4v) is 3.15. The predicted molar refractivity (Wildman–Crippen MR) is 95.3 cm³/mol. The van der Waals surface area contributed by atoms with Gasteiger partial charge in [0.25, 0.3) is 0 Å². The number of rotatable bonds is 4. The number of hydrogen-bond donors (Lipinski definition) is 0. The first kappa shape index (κ1) is 15.9. The Morgan fingerprint density at radius 1 is 1.00 bits per heavy atom. The van der Waals surface area contributed by atoms with Crippen LogP contribution in [0.5, 0.6) is 0 Å². The third-order valence-corrected chi connectivity index (χ3v) is 4.73. The first-order valence-corrected chi connectivity index (χ1v) is 11.7. The smallest absolute Gasteiger partial charge is 0.129 e. The van der Waals surface area contributed by atoms with Crippen LogP contribution in [0.2, 0.25) is 19.6 Å². The molecule has 0 amide bonds. The number of nitrogens with zero attached hydrogens (tertiary/aromatic N) is 1. The topological polar surface area (TPSA) is 12.9 Å². The Balaban J connectivity index is 1.86. The zero-order valence-corrected chi connectivity index (χ0v) is 14.7. The first-order chi connectivity index (χ1) is 10.0. The molecule has 1 aromatic carbocycles. The molecule has 2 aromatic rings. The predicted octanol–water partition coefficient (Wildman–Crippen LogP) is 4.65. The van der Waals surface area contributed by atoms with Gasteiger partial charge in [-0.15, -0.1) is 17.3 Å². The average molecular weight is 312 g/mol. The van der Waals surface area contributed by atoms with Gasteiger partial charge in [0.2, 0.25) is 0 Å². The van der Waals surface area contributed by atoms with Crippen LogP contribution in [-0.4, -0.2) is 18.8 Å². The van der Waals surface area contributed by atoms with Gasteiger partial charge in [0.05, 0.1) is 0 Å². The van der Waals surface area contributed by atoms with Crippen LogP contribution >= 0.6 is 11.8 Å². The Hall–Kier alpha value is -1.50. The molecule has 0 radical (unpaired) electrons. The van der Waals surface area contributed by atoms with Crippen LogP contribution in [0.25, 0.3) is 0 Å². The molecule has 1 heterocycles. The Kier molecular flexibility index (Phi) is 5.66. The highest BCUT2D eigenvalue weighted by atomic mass is 32.2. The van der Waals surface area contributed by atoms with Crippen molar-refractivity contribution < 1.29 is 0 Å². The van der Waals surface area contributed by atoms with Crippen LogP contribution in [-0.2, 0) is 6.42 Å². The zero-order valence-electron chi connectivity index (χ0n) is 12.9. The van der Waals surface area contributed by atoms with Crippen LogP contribution < -0.4 is 0 Å². The molecule has 0 aliphatic rings. The van der Waals surface area contributed by atoms with Gasteiger partial charge in [-0.25, -0.2) is 0 Å².